The molecule has 0 aliphatic rings. The third kappa shape index (κ3) is 3.68. The van der Waals surface area contributed by atoms with Crippen LogP contribution in [0.2, 0.25) is 0 Å². The maximum Gasteiger partial charge on any atom is 0.438 e. The van der Waals surface area contributed by atoms with Gasteiger partial charge in [0.25, 0.3) is 5.91 Å². The summed E-state index contributed by atoms with van der Waals surface area (Å²) in [6.45, 7) is 1.28. The standard InChI is InChI=1S/C16H12F3N3O4/c1-8-13(11(7-25-8)16(17,18)19)14(23)20-10-4-2-3-9(5-10)6-12-21-15(24)26-22-12/h2-5,7H,6H2,1H3,(H,20,23)(H,21,22,24). The van der Waals surface area contributed by atoms with E-state index in [4.69, 9.17) is 4.42 Å². The fourth-order valence-corrected chi connectivity index (χ4v) is 2.43. The van der Waals surface area contributed by atoms with E-state index < -0.39 is 29.0 Å². The predicted octanol–water partition coefficient (Wildman–Crippen LogP) is 3.13. The molecule has 2 aromatic heterocycles. The Balaban J connectivity index is 1.81. The predicted molar refractivity (Wildman–Crippen MR) is 82.8 cm³/mol. The van der Waals surface area contributed by atoms with Gasteiger partial charge in [-0.05, 0) is 24.6 Å². The molecule has 3 rings (SSSR count). The van der Waals surface area contributed by atoms with Crippen LogP contribution in [-0.4, -0.2) is 16.0 Å². The van der Waals surface area contributed by atoms with E-state index in [1.54, 1.807) is 18.2 Å². The molecule has 0 spiro atoms. The number of aryl methyl sites for hydroxylation is 1. The number of hydrogen-bond donors (Lipinski definition) is 2. The SMILES string of the molecule is Cc1occ(C(F)(F)F)c1C(=O)Nc1cccc(Cc2noc(=O)[nH]2)c1. The van der Waals surface area contributed by atoms with Crippen LogP contribution in [0.15, 0.2) is 44.3 Å². The summed E-state index contributed by atoms with van der Waals surface area (Å²) < 4.78 is 48.1. The molecule has 0 radical (unpaired) electrons. The maximum atomic E-state index is 13.0. The molecule has 0 bridgehead atoms. The van der Waals surface area contributed by atoms with Crippen molar-refractivity contribution in [3.8, 4) is 0 Å². The van der Waals surface area contributed by atoms with E-state index in [1.165, 1.54) is 13.0 Å². The Morgan fingerprint density at radius 3 is 2.77 bits per heavy atom. The number of benzene rings is 1. The van der Waals surface area contributed by atoms with Crippen molar-refractivity contribution in [2.45, 2.75) is 19.5 Å². The van der Waals surface area contributed by atoms with E-state index in [-0.39, 0.29) is 23.7 Å². The molecule has 3 aromatic rings. The number of carbonyl (C=O) groups is 1. The molecular formula is C16H12F3N3O4. The highest BCUT2D eigenvalue weighted by atomic mass is 19.4. The number of anilines is 1. The van der Waals surface area contributed by atoms with Crippen LogP contribution in [0.25, 0.3) is 0 Å². The summed E-state index contributed by atoms with van der Waals surface area (Å²) >= 11 is 0. The highest BCUT2D eigenvalue weighted by Gasteiger charge is 2.38. The average Bonchev–Trinajstić information content (AvgIpc) is 3.13. The Kier molecular flexibility index (Phi) is 4.41. The molecular weight excluding hydrogens is 355 g/mol. The number of rotatable bonds is 4. The van der Waals surface area contributed by atoms with Crippen LogP contribution in [-0.2, 0) is 12.6 Å². The van der Waals surface area contributed by atoms with Crippen molar-refractivity contribution in [1.82, 2.24) is 10.1 Å². The number of aromatic amines is 1. The minimum absolute atomic E-state index is 0.133. The van der Waals surface area contributed by atoms with Gasteiger partial charge in [-0.15, -0.1) is 0 Å². The molecule has 0 unspecified atom stereocenters. The minimum atomic E-state index is -4.70. The summed E-state index contributed by atoms with van der Waals surface area (Å²) in [6, 6.07) is 6.38. The second-order valence-electron chi connectivity index (χ2n) is 5.45. The van der Waals surface area contributed by atoms with Crippen LogP contribution < -0.4 is 11.1 Å². The van der Waals surface area contributed by atoms with Crippen LogP contribution >= 0.6 is 0 Å². The van der Waals surface area contributed by atoms with Crippen molar-refractivity contribution >= 4 is 11.6 Å². The zero-order valence-corrected chi connectivity index (χ0v) is 13.3. The van der Waals surface area contributed by atoms with Crippen molar-refractivity contribution in [1.29, 1.82) is 0 Å². The molecule has 0 saturated carbocycles. The molecule has 2 N–H and O–H groups in total. The lowest BCUT2D eigenvalue weighted by Crippen LogP contribution is -2.18. The van der Waals surface area contributed by atoms with E-state index in [1.807, 2.05) is 0 Å². The van der Waals surface area contributed by atoms with Gasteiger partial charge in [-0.2, -0.15) is 13.2 Å². The molecule has 26 heavy (non-hydrogen) atoms. The Morgan fingerprint density at radius 1 is 1.35 bits per heavy atom. The van der Waals surface area contributed by atoms with Crippen molar-refractivity contribution in [3.63, 3.8) is 0 Å². The number of carbonyl (C=O) groups excluding carboxylic acids is 1. The molecule has 136 valence electrons. The zero-order chi connectivity index (χ0) is 18.9. The van der Waals surface area contributed by atoms with Crippen LogP contribution in [0.4, 0.5) is 18.9 Å². The average molecular weight is 367 g/mol. The van der Waals surface area contributed by atoms with Gasteiger partial charge in [-0.25, -0.2) is 4.79 Å². The second-order valence-corrected chi connectivity index (χ2v) is 5.45. The summed E-state index contributed by atoms with van der Waals surface area (Å²) in [5, 5.41) is 5.94. The van der Waals surface area contributed by atoms with E-state index in [2.05, 4.69) is 20.0 Å². The summed E-state index contributed by atoms with van der Waals surface area (Å²) in [4.78, 5) is 25.6. The number of furan rings is 1. The Morgan fingerprint density at radius 2 is 2.12 bits per heavy atom. The second kappa shape index (κ2) is 6.54. The van der Waals surface area contributed by atoms with Crippen molar-refractivity contribution < 1.29 is 26.9 Å². The Hall–Kier alpha value is -3.30. The topological polar surface area (TPSA) is 101 Å². The normalized spacial score (nSPS) is 11.5. The maximum absolute atomic E-state index is 13.0. The van der Waals surface area contributed by atoms with Crippen molar-refractivity contribution in [2.75, 3.05) is 5.32 Å². The molecule has 1 aromatic carbocycles. The lowest BCUT2D eigenvalue weighted by molar-refractivity contribution is -0.138. The van der Waals surface area contributed by atoms with Crippen molar-refractivity contribution in [3.05, 3.63) is 69.4 Å². The monoisotopic (exact) mass is 367 g/mol. The van der Waals surface area contributed by atoms with Gasteiger partial charge in [0.1, 0.15) is 17.6 Å². The van der Waals surface area contributed by atoms with Gasteiger partial charge in [0, 0.05) is 12.1 Å². The molecule has 0 aliphatic carbocycles. The van der Waals surface area contributed by atoms with Gasteiger partial charge < -0.3 is 9.73 Å². The summed E-state index contributed by atoms with van der Waals surface area (Å²) in [5.41, 5.74) is -0.757. The number of halogens is 3. The molecule has 0 saturated heterocycles. The fourth-order valence-electron chi connectivity index (χ4n) is 2.43. The largest absolute Gasteiger partial charge is 0.468 e. The Bertz CT molecular complexity index is 1000. The number of hydrogen-bond acceptors (Lipinski definition) is 5. The van der Waals surface area contributed by atoms with E-state index >= 15 is 0 Å². The van der Waals surface area contributed by atoms with Gasteiger partial charge >= 0.3 is 11.9 Å². The summed E-state index contributed by atoms with van der Waals surface area (Å²) in [7, 11) is 0. The number of nitrogens with zero attached hydrogens (tertiary/aromatic N) is 1. The highest BCUT2D eigenvalue weighted by molar-refractivity contribution is 6.06. The van der Waals surface area contributed by atoms with Gasteiger partial charge in [0.2, 0.25) is 0 Å². The molecule has 0 fully saturated rings. The van der Waals surface area contributed by atoms with Gasteiger partial charge in [0.05, 0.1) is 5.56 Å². The third-order valence-corrected chi connectivity index (χ3v) is 3.55. The molecule has 0 aliphatic heterocycles. The summed E-state index contributed by atoms with van der Waals surface area (Å²) in [5.74, 6) is -1.48. The number of aromatic nitrogens is 2. The molecule has 7 nitrogen and oxygen atoms in total. The number of nitrogens with one attached hydrogen (secondary N) is 2. The number of H-pyrrole nitrogens is 1. The highest BCUT2D eigenvalue weighted by Crippen LogP contribution is 2.34. The quantitative estimate of drug-likeness (QED) is 0.738. The van der Waals surface area contributed by atoms with Crippen LogP contribution in [0.3, 0.4) is 0 Å². The molecule has 1 amide bonds. The van der Waals surface area contributed by atoms with Crippen LogP contribution in [0, 0.1) is 6.92 Å². The smallest absolute Gasteiger partial charge is 0.438 e. The van der Waals surface area contributed by atoms with Gasteiger partial charge in [-0.1, -0.05) is 17.3 Å². The molecule has 10 heteroatoms. The van der Waals surface area contributed by atoms with Crippen LogP contribution in [0.1, 0.15) is 33.1 Å². The lowest BCUT2D eigenvalue weighted by atomic mass is 10.1. The summed E-state index contributed by atoms with van der Waals surface area (Å²) in [6.07, 6.45) is -3.97. The van der Waals surface area contributed by atoms with E-state index in [9.17, 15) is 22.8 Å². The first-order valence-electron chi connectivity index (χ1n) is 7.34. The Labute approximate surface area is 143 Å². The molecule has 0 atom stereocenters. The first-order chi connectivity index (χ1) is 12.2. The van der Waals surface area contributed by atoms with Crippen LogP contribution in [0.5, 0.6) is 0 Å². The van der Waals surface area contributed by atoms with E-state index in [0.717, 1.165) is 0 Å². The zero-order valence-electron chi connectivity index (χ0n) is 13.3. The number of amides is 1. The fraction of sp³-hybridized carbons (Fsp3) is 0.188. The molecule has 2 heterocycles. The number of alkyl halides is 3. The first-order valence-corrected chi connectivity index (χ1v) is 7.34. The first kappa shape index (κ1) is 17.5. The van der Waals surface area contributed by atoms with E-state index in [0.29, 0.717) is 11.8 Å². The van der Waals surface area contributed by atoms with Crippen molar-refractivity contribution in [2.24, 2.45) is 0 Å². The van der Waals surface area contributed by atoms with Gasteiger partial charge in [-0.3, -0.25) is 14.3 Å². The minimum Gasteiger partial charge on any atom is -0.468 e. The lowest BCUT2D eigenvalue weighted by Gasteiger charge is -2.09. The van der Waals surface area contributed by atoms with Gasteiger partial charge in [0.15, 0.2) is 5.82 Å². The third-order valence-electron chi connectivity index (χ3n) is 3.55.